The van der Waals surface area contributed by atoms with E-state index in [-0.39, 0.29) is 5.82 Å². The number of carbonyl (C=O) groups is 1. The molecule has 0 heterocycles. The largest absolute Gasteiger partial charge is 0.333 e. The summed E-state index contributed by atoms with van der Waals surface area (Å²) in [4.78, 5) is 12.3. The molecule has 0 saturated carbocycles. The van der Waals surface area contributed by atoms with Gasteiger partial charge in [0, 0.05) is 13.6 Å². The Morgan fingerprint density at radius 3 is 2.81 bits per heavy atom. The molecule has 0 spiro atoms. The lowest BCUT2D eigenvalue weighted by Gasteiger charge is -2.12. The van der Waals surface area contributed by atoms with Gasteiger partial charge in [-0.1, -0.05) is 12.1 Å². The first-order chi connectivity index (χ1) is 7.54. The number of halogens is 1. The van der Waals surface area contributed by atoms with Gasteiger partial charge in [-0.15, -0.1) is 0 Å². The monoisotopic (exact) mass is 220 g/mol. The van der Waals surface area contributed by atoms with E-state index in [1.54, 1.807) is 32.2 Å². The van der Waals surface area contributed by atoms with Crippen LogP contribution in [0.2, 0.25) is 0 Å². The number of amides is 1. The molecule has 0 radical (unpaired) electrons. The maximum absolute atomic E-state index is 13.0. The Hall–Kier alpha value is -1.89. The van der Waals surface area contributed by atoms with Gasteiger partial charge < -0.3 is 4.90 Å². The first-order valence-electron chi connectivity index (χ1n) is 4.95. The lowest BCUT2D eigenvalue weighted by Crippen LogP contribution is -2.27. The van der Waals surface area contributed by atoms with Crippen molar-refractivity contribution >= 4 is 5.91 Å². The molecule has 0 aliphatic rings. The third-order valence-electron chi connectivity index (χ3n) is 2.40. The first-order valence-corrected chi connectivity index (χ1v) is 4.95. The Labute approximate surface area is 94.1 Å². The molecule has 1 rings (SSSR count). The van der Waals surface area contributed by atoms with Gasteiger partial charge in [-0.3, -0.25) is 4.79 Å². The van der Waals surface area contributed by atoms with Crippen LogP contribution in [0.3, 0.4) is 0 Å². The summed E-state index contributed by atoms with van der Waals surface area (Å²) < 4.78 is 13.0. The summed E-state index contributed by atoms with van der Waals surface area (Å²) in [5.74, 6) is -0.788. The van der Waals surface area contributed by atoms with E-state index in [4.69, 9.17) is 5.26 Å². The molecular formula is C12H13FN2O. The minimum absolute atomic E-state index is 0.231. The lowest BCUT2D eigenvalue weighted by molar-refractivity contribution is -0.124. The molecule has 84 valence electrons. The molecule has 0 N–H and O–H groups in total. The molecule has 1 aromatic rings. The average molecular weight is 220 g/mol. The number of aryl methyl sites for hydroxylation is 1. The number of likely N-dealkylation sites (N-methyl/N-ethyl adjacent to an activating group) is 1. The van der Waals surface area contributed by atoms with Crippen molar-refractivity contribution in [2.45, 2.75) is 13.3 Å². The zero-order chi connectivity index (χ0) is 12.1. The van der Waals surface area contributed by atoms with Crippen LogP contribution in [0.15, 0.2) is 18.2 Å². The normalized spacial score (nSPS) is 9.62. The zero-order valence-corrected chi connectivity index (χ0v) is 9.33. The van der Waals surface area contributed by atoms with E-state index in [9.17, 15) is 9.18 Å². The van der Waals surface area contributed by atoms with Crippen molar-refractivity contribution in [2.75, 3.05) is 13.6 Å². The van der Waals surface area contributed by atoms with Gasteiger partial charge >= 0.3 is 5.91 Å². The topological polar surface area (TPSA) is 44.1 Å². The van der Waals surface area contributed by atoms with Crippen molar-refractivity contribution in [1.29, 1.82) is 5.26 Å². The summed E-state index contributed by atoms with van der Waals surface area (Å²) >= 11 is 0. The molecule has 1 amide bonds. The van der Waals surface area contributed by atoms with Crippen molar-refractivity contribution in [3.8, 4) is 6.07 Å². The molecule has 0 bridgehead atoms. The second kappa shape index (κ2) is 5.26. The van der Waals surface area contributed by atoms with Crippen LogP contribution in [-0.4, -0.2) is 24.4 Å². The van der Waals surface area contributed by atoms with Gasteiger partial charge in [0.2, 0.25) is 0 Å². The van der Waals surface area contributed by atoms with E-state index in [1.165, 1.54) is 11.0 Å². The lowest BCUT2D eigenvalue weighted by atomic mass is 10.1. The smallest absolute Gasteiger partial charge is 0.324 e. The minimum atomic E-state index is -0.557. The molecule has 0 unspecified atom stereocenters. The van der Waals surface area contributed by atoms with Crippen LogP contribution in [0.1, 0.15) is 11.1 Å². The van der Waals surface area contributed by atoms with Crippen LogP contribution < -0.4 is 0 Å². The molecule has 4 heteroatoms. The SMILES string of the molecule is Cc1cc(CCN(C)C(=O)C#N)ccc1F. The van der Waals surface area contributed by atoms with Crippen LogP contribution in [-0.2, 0) is 11.2 Å². The van der Waals surface area contributed by atoms with Crippen LogP contribution in [0, 0.1) is 24.1 Å². The van der Waals surface area contributed by atoms with Crippen molar-refractivity contribution in [1.82, 2.24) is 4.90 Å². The fourth-order valence-corrected chi connectivity index (χ4v) is 1.35. The molecule has 0 aromatic heterocycles. The quantitative estimate of drug-likeness (QED) is 0.727. The van der Waals surface area contributed by atoms with E-state index in [2.05, 4.69) is 0 Å². The van der Waals surface area contributed by atoms with Crippen LogP contribution in [0.25, 0.3) is 0 Å². The predicted octanol–water partition coefficient (Wildman–Crippen LogP) is 1.66. The minimum Gasteiger partial charge on any atom is -0.333 e. The highest BCUT2D eigenvalue weighted by Crippen LogP contribution is 2.09. The average Bonchev–Trinajstić information content (AvgIpc) is 2.29. The molecular weight excluding hydrogens is 207 g/mol. The Kier molecular flexibility index (Phi) is 4.01. The summed E-state index contributed by atoms with van der Waals surface area (Å²) in [6, 6.07) is 6.40. The standard InChI is InChI=1S/C12H13FN2O/c1-9-7-10(3-4-11(9)13)5-6-15(2)12(16)8-14/h3-4,7H,5-6H2,1-2H3. The number of hydrogen-bond acceptors (Lipinski definition) is 2. The van der Waals surface area contributed by atoms with Crippen LogP contribution in [0.4, 0.5) is 4.39 Å². The molecule has 0 aliphatic carbocycles. The fraction of sp³-hybridized carbons (Fsp3) is 0.333. The van der Waals surface area contributed by atoms with Crippen LogP contribution in [0.5, 0.6) is 0 Å². The molecule has 1 aromatic carbocycles. The Morgan fingerprint density at radius 1 is 1.56 bits per heavy atom. The molecule has 0 aliphatic heterocycles. The summed E-state index contributed by atoms with van der Waals surface area (Å²) in [5, 5.41) is 8.39. The number of benzene rings is 1. The summed E-state index contributed by atoms with van der Waals surface area (Å²) in [6.07, 6.45) is 0.616. The first kappa shape index (κ1) is 12.2. The van der Waals surface area contributed by atoms with Gasteiger partial charge in [0.25, 0.3) is 0 Å². The molecule has 0 saturated heterocycles. The molecule has 0 atom stereocenters. The molecule has 0 fully saturated rings. The van der Waals surface area contributed by atoms with Crippen molar-refractivity contribution in [3.63, 3.8) is 0 Å². The van der Waals surface area contributed by atoms with Gasteiger partial charge in [-0.25, -0.2) is 4.39 Å². The number of rotatable bonds is 3. The van der Waals surface area contributed by atoms with Gasteiger partial charge in [0.1, 0.15) is 5.82 Å². The molecule has 3 nitrogen and oxygen atoms in total. The second-order valence-electron chi connectivity index (χ2n) is 3.67. The fourth-order valence-electron chi connectivity index (χ4n) is 1.35. The van der Waals surface area contributed by atoms with E-state index in [0.717, 1.165) is 5.56 Å². The zero-order valence-electron chi connectivity index (χ0n) is 9.33. The van der Waals surface area contributed by atoms with Crippen LogP contribution >= 0.6 is 0 Å². The third kappa shape index (κ3) is 3.06. The van der Waals surface area contributed by atoms with E-state index < -0.39 is 5.91 Å². The van der Waals surface area contributed by atoms with E-state index >= 15 is 0 Å². The van der Waals surface area contributed by atoms with E-state index in [0.29, 0.717) is 18.5 Å². The number of hydrogen-bond donors (Lipinski definition) is 0. The predicted molar refractivity (Wildman–Crippen MR) is 58.1 cm³/mol. The van der Waals surface area contributed by atoms with Crippen molar-refractivity contribution in [2.24, 2.45) is 0 Å². The highest BCUT2D eigenvalue weighted by atomic mass is 19.1. The summed E-state index contributed by atoms with van der Waals surface area (Å²) in [7, 11) is 1.57. The number of nitriles is 1. The Balaban J connectivity index is 2.59. The number of carbonyl (C=O) groups excluding carboxylic acids is 1. The second-order valence-corrected chi connectivity index (χ2v) is 3.67. The van der Waals surface area contributed by atoms with Crippen molar-refractivity contribution < 1.29 is 9.18 Å². The Bertz CT molecular complexity index is 437. The van der Waals surface area contributed by atoms with Gasteiger partial charge in [-0.2, -0.15) is 5.26 Å². The van der Waals surface area contributed by atoms with Gasteiger partial charge in [-0.05, 0) is 30.5 Å². The summed E-state index contributed by atoms with van der Waals surface area (Å²) in [5.41, 5.74) is 1.54. The maximum Gasteiger partial charge on any atom is 0.324 e. The maximum atomic E-state index is 13.0. The Morgan fingerprint density at radius 2 is 2.25 bits per heavy atom. The van der Waals surface area contributed by atoms with E-state index in [1.807, 2.05) is 0 Å². The van der Waals surface area contributed by atoms with Gasteiger partial charge in [0.15, 0.2) is 6.07 Å². The number of nitrogens with zero attached hydrogens (tertiary/aromatic N) is 2. The van der Waals surface area contributed by atoms with Gasteiger partial charge in [0.05, 0.1) is 0 Å². The highest BCUT2D eigenvalue weighted by Gasteiger charge is 2.07. The highest BCUT2D eigenvalue weighted by molar-refractivity contribution is 5.90. The van der Waals surface area contributed by atoms with Crippen molar-refractivity contribution in [3.05, 3.63) is 35.1 Å². The molecule has 16 heavy (non-hydrogen) atoms. The third-order valence-corrected chi connectivity index (χ3v) is 2.40. The summed E-state index contributed by atoms with van der Waals surface area (Å²) in [6.45, 7) is 2.15.